The number of hydrogen-bond donors (Lipinski definition) is 1. The van der Waals surface area contributed by atoms with Crippen LogP contribution in [0, 0.1) is 0 Å². The van der Waals surface area contributed by atoms with E-state index < -0.39 is 32.9 Å². The van der Waals surface area contributed by atoms with Gasteiger partial charge >= 0.3 is 16.3 Å². The molecule has 0 heterocycles. The Morgan fingerprint density at radius 1 is 1.32 bits per heavy atom. The summed E-state index contributed by atoms with van der Waals surface area (Å²) in [6.45, 7) is -1.16. The number of hydrogen-bond acceptors (Lipinski definition) is 6. The van der Waals surface area contributed by atoms with E-state index in [2.05, 4.69) is 4.74 Å². The second-order valence-electron chi connectivity index (χ2n) is 3.14. The summed E-state index contributed by atoms with van der Waals surface area (Å²) in [4.78, 5) is 11.6. The third-order valence-electron chi connectivity index (χ3n) is 1.70. The number of carbonyl (C=O) groups is 1. The second kappa shape index (κ2) is 7.67. The van der Waals surface area contributed by atoms with Crippen molar-refractivity contribution in [1.29, 1.82) is 0 Å². The standard InChI is InChI=1S/C7H13Cl3N2O6S/c1-16-5(17-2)3-18-6(13)12(19(11,14)15)4-7(8,9)10/h5H,3-4H2,1-2H3,(H2,11,14,15). The van der Waals surface area contributed by atoms with Crippen LogP contribution in [0.3, 0.4) is 0 Å². The van der Waals surface area contributed by atoms with E-state index >= 15 is 0 Å². The topological polar surface area (TPSA) is 108 Å². The van der Waals surface area contributed by atoms with Gasteiger partial charge in [0.25, 0.3) is 0 Å². The lowest BCUT2D eigenvalue weighted by atomic mass is 10.7. The first-order valence-corrected chi connectivity index (χ1v) is 7.24. The van der Waals surface area contributed by atoms with E-state index in [9.17, 15) is 13.2 Å². The molecule has 0 spiro atoms. The Balaban J connectivity index is 4.76. The Morgan fingerprint density at radius 3 is 2.11 bits per heavy atom. The molecule has 0 aliphatic carbocycles. The van der Waals surface area contributed by atoms with Crippen LogP contribution in [0.4, 0.5) is 4.79 Å². The summed E-state index contributed by atoms with van der Waals surface area (Å²) in [5.74, 6) is 0. The highest BCUT2D eigenvalue weighted by molar-refractivity contribution is 7.87. The smallest absolute Gasteiger partial charge is 0.424 e. The van der Waals surface area contributed by atoms with Gasteiger partial charge in [0.2, 0.25) is 3.79 Å². The van der Waals surface area contributed by atoms with Gasteiger partial charge in [0, 0.05) is 14.2 Å². The number of nitrogens with zero attached hydrogens (tertiary/aromatic N) is 1. The van der Waals surface area contributed by atoms with E-state index in [0.717, 1.165) is 0 Å². The van der Waals surface area contributed by atoms with Crippen LogP contribution in [0.1, 0.15) is 0 Å². The molecule has 0 saturated heterocycles. The van der Waals surface area contributed by atoms with Gasteiger partial charge in [-0.15, -0.1) is 0 Å². The van der Waals surface area contributed by atoms with E-state index in [4.69, 9.17) is 49.4 Å². The fraction of sp³-hybridized carbons (Fsp3) is 0.857. The average molecular weight is 360 g/mol. The molecule has 0 bridgehead atoms. The third kappa shape index (κ3) is 7.98. The van der Waals surface area contributed by atoms with E-state index in [0.29, 0.717) is 0 Å². The quantitative estimate of drug-likeness (QED) is 0.550. The van der Waals surface area contributed by atoms with Crippen LogP contribution >= 0.6 is 34.8 Å². The summed E-state index contributed by atoms with van der Waals surface area (Å²) >= 11 is 16.2. The van der Waals surface area contributed by atoms with Gasteiger partial charge in [0.1, 0.15) is 6.61 Å². The Bertz CT molecular complexity index is 394. The van der Waals surface area contributed by atoms with Crippen molar-refractivity contribution < 1.29 is 27.4 Å². The summed E-state index contributed by atoms with van der Waals surface area (Å²) in [7, 11) is -1.82. The SMILES string of the molecule is COC(COC(=O)N(CC(Cl)(Cl)Cl)S(N)(=O)=O)OC. The zero-order valence-corrected chi connectivity index (χ0v) is 13.1. The molecule has 8 nitrogen and oxygen atoms in total. The minimum Gasteiger partial charge on any atom is -0.443 e. The zero-order chi connectivity index (χ0) is 15.3. The molecule has 0 radical (unpaired) electrons. The van der Waals surface area contributed by atoms with Gasteiger partial charge in [-0.25, -0.2) is 9.93 Å². The average Bonchev–Trinajstić information content (AvgIpc) is 2.24. The lowest BCUT2D eigenvalue weighted by Gasteiger charge is -2.23. The van der Waals surface area contributed by atoms with Crippen LogP contribution in [0.2, 0.25) is 0 Å². The minimum atomic E-state index is -4.43. The fourth-order valence-corrected chi connectivity index (χ4v) is 2.07. The molecule has 0 saturated carbocycles. The number of amides is 1. The van der Waals surface area contributed by atoms with Gasteiger partial charge < -0.3 is 14.2 Å². The van der Waals surface area contributed by atoms with Crippen molar-refractivity contribution in [2.24, 2.45) is 5.14 Å². The van der Waals surface area contributed by atoms with Crippen LogP contribution < -0.4 is 5.14 Å². The Kier molecular flexibility index (Phi) is 7.66. The third-order valence-corrected chi connectivity index (χ3v) is 2.95. The normalized spacial score (nSPS) is 12.6. The van der Waals surface area contributed by atoms with Crippen LogP contribution in [0.5, 0.6) is 0 Å². The van der Waals surface area contributed by atoms with Crippen LogP contribution in [-0.4, -0.2) is 56.3 Å². The minimum absolute atomic E-state index is 0.0857. The molecule has 0 unspecified atom stereocenters. The Morgan fingerprint density at radius 2 is 1.79 bits per heavy atom. The maximum atomic E-state index is 11.6. The molecule has 0 aliphatic rings. The molecule has 0 fully saturated rings. The van der Waals surface area contributed by atoms with E-state index in [1.807, 2.05) is 0 Å². The number of halogens is 3. The molecule has 114 valence electrons. The molecular formula is C7H13Cl3N2O6S. The van der Waals surface area contributed by atoms with Gasteiger partial charge in [-0.05, 0) is 0 Å². The molecule has 12 heteroatoms. The molecule has 0 aromatic carbocycles. The van der Waals surface area contributed by atoms with Crippen molar-refractivity contribution in [2.75, 3.05) is 27.4 Å². The number of carbonyl (C=O) groups excluding carboxylic acids is 1. The molecular weight excluding hydrogens is 347 g/mol. The van der Waals surface area contributed by atoms with E-state index in [1.165, 1.54) is 14.2 Å². The van der Waals surface area contributed by atoms with Gasteiger partial charge in [-0.1, -0.05) is 34.8 Å². The molecule has 1 amide bonds. The van der Waals surface area contributed by atoms with Crippen molar-refractivity contribution in [1.82, 2.24) is 4.31 Å². The number of ether oxygens (including phenoxy) is 3. The molecule has 0 aliphatic heterocycles. The summed E-state index contributed by atoms with van der Waals surface area (Å²) in [5.41, 5.74) is 0. The highest BCUT2D eigenvalue weighted by Crippen LogP contribution is 2.27. The summed E-state index contributed by atoms with van der Waals surface area (Å²) < 4.78 is 34.5. The molecule has 2 N–H and O–H groups in total. The monoisotopic (exact) mass is 358 g/mol. The van der Waals surface area contributed by atoms with Gasteiger partial charge in [-0.2, -0.15) is 12.7 Å². The molecule has 19 heavy (non-hydrogen) atoms. The Labute approximate surface area is 125 Å². The molecule has 0 rings (SSSR count). The van der Waals surface area contributed by atoms with E-state index in [-0.39, 0.29) is 10.9 Å². The maximum absolute atomic E-state index is 11.6. The van der Waals surface area contributed by atoms with Crippen molar-refractivity contribution in [3.63, 3.8) is 0 Å². The van der Waals surface area contributed by atoms with Crippen LogP contribution in [0.25, 0.3) is 0 Å². The number of methoxy groups -OCH3 is 2. The summed E-state index contributed by atoms with van der Waals surface area (Å²) in [6, 6.07) is 0. The maximum Gasteiger partial charge on any atom is 0.424 e. The van der Waals surface area contributed by atoms with Gasteiger partial charge in [-0.3, -0.25) is 0 Å². The summed E-state index contributed by atoms with van der Waals surface area (Å²) in [5, 5.41) is 4.82. The number of rotatable bonds is 6. The van der Waals surface area contributed by atoms with Gasteiger partial charge in [0.15, 0.2) is 6.29 Å². The molecule has 0 aromatic heterocycles. The first-order chi connectivity index (χ1) is 8.51. The molecule has 0 aromatic rings. The predicted octanol–water partition coefficient (Wildman–Crippen LogP) is 0.618. The highest BCUT2D eigenvalue weighted by Gasteiger charge is 2.34. The highest BCUT2D eigenvalue weighted by atomic mass is 35.6. The first kappa shape index (κ1) is 19.0. The van der Waals surface area contributed by atoms with Crippen LogP contribution in [-0.2, 0) is 24.4 Å². The van der Waals surface area contributed by atoms with Gasteiger partial charge in [0.05, 0.1) is 6.54 Å². The van der Waals surface area contributed by atoms with Crippen molar-refractivity contribution in [2.45, 2.75) is 10.1 Å². The first-order valence-electron chi connectivity index (χ1n) is 4.61. The lowest BCUT2D eigenvalue weighted by Crippen LogP contribution is -2.46. The fourth-order valence-electron chi connectivity index (χ4n) is 0.865. The number of alkyl halides is 3. The largest absolute Gasteiger partial charge is 0.443 e. The Hall–Kier alpha value is -0.0300. The van der Waals surface area contributed by atoms with Crippen molar-refractivity contribution >= 4 is 51.1 Å². The molecule has 0 atom stereocenters. The second-order valence-corrected chi connectivity index (χ2v) is 7.13. The van der Waals surface area contributed by atoms with Crippen molar-refractivity contribution in [3.8, 4) is 0 Å². The van der Waals surface area contributed by atoms with E-state index in [1.54, 1.807) is 0 Å². The zero-order valence-electron chi connectivity index (χ0n) is 10.0. The predicted molar refractivity (Wildman–Crippen MR) is 69.3 cm³/mol. The van der Waals surface area contributed by atoms with Crippen LogP contribution in [0.15, 0.2) is 0 Å². The number of nitrogens with two attached hydrogens (primary N) is 1. The van der Waals surface area contributed by atoms with Crippen molar-refractivity contribution in [3.05, 3.63) is 0 Å². The lowest BCUT2D eigenvalue weighted by molar-refractivity contribution is -0.129. The summed E-state index contributed by atoms with van der Waals surface area (Å²) in [6.07, 6.45) is -2.17.